The molecule has 0 saturated carbocycles. The van der Waals surface area contributed by atoms with Crippen LogP contribution in [0.2, 0.25) is 0 Å². The highest BCUT2D eigenvalue weighted by molar-refractivity contribution is 5.94. The van der Waals surface area contributed by atoms with Gasteiger partial charge in [-0.1, -0.05) is 0 Å². The lowest BCUT2D eigenvalue weighted by Gasteiger charge is -2.19. The van der Waals surface area contributed by atoms with Gasteiger partial charge in [0.25, 0.3) is 0 Å². The van der Waals surface area contributed by atoms with E-state index in [9.17, 15) is 14.7 Å². The Balaban J connectivity index is 3.10. The molecule has 0 aliphatic heterocycles. The van der Waals surface area contributed by atoms with Gasteiger partial charge in [0, 0.05) is 5.56 Å². The van der Waals surface area contributed by atoms with Gasteiger partial charge >= 0.3 is 12.1 Å². The molecule has 0 aliphatic carbocycles. The Kier molecular flexibility index (Phi) is 4.60. The summed E-state index contributed by atoms with van der Waals surface area (Å²) < 4.78 is 15.0. The third kappa shape index (κ3) is 3.88. The van der Waals surface area contributed by atoms with Gasteiger partial charge in [-0.2, -0.15) is 0 Å². The Labute approximate surface area is 117 Å². The van der Waals surface area contributed by atoms with Gasteiger partial charge in [-0.3, -0.25) is 0 Å². The molecular formula is C14H18O6. The van der Waals surface area contributed by atoms with Crippen molar-refractivity contribution in [3.05, 3.63) is 23.3 Å². The van der Waals surface area contributed by atoms with E-state index in [1.54, 1.807) is 27.7 Å². The smallest absolute Gasteiger partial charge is 0.496 e. The Bertz CT molecular complexity index is 527. The summed E-state index contributed by atoms with van der Waals surface area (Å²) in [5, 5.41) is 9.22. The van der Waals surface area contributed by atoms with Crippen molar-refractivity contribution in [3.63, 3.8) is 0 Å². The second kappa shape index (κ2) is 5.81. The molecule has 0 saturated heterocycles. The van der Waals surface area contributed by atoms with Crippen molar-refractivity contribution >= 4 is 12.1 Å². The quantitative estimate of drug-likeness (QED) is 0.678. The van der Waals surface area contributed by atoms with Crippen molar-refractivity contribution in [2.45, 2.75) is 33.3 Å². The van der Waals surface area contributed by atoms with Gasteiger partial charge in [0.05, 0.1) is 7.11 Å². The first-order valence-corrected chi connectivity index (χ1v) is 5.97. The zero-order valence-corrected chi connectivity index (χ0v) is 12.1. The summed E-state index contributed by atoms with van der Waals surface area (Å²) in [4.78, 5) is 22.9. The van der Waals surface area contributed by atoms with Crippen molar-refractivity contribution in [2.24, 2.45) is 0 Å². The van der Waals surface area contributed by atoms with Crippen LogP contribution in [0.4, 0.5) is 4.79 Å². The lowest BCUT2D eigenvalue weighted by molar-refractivity contribution is 0.0204. The molecule has 6 nitrogen and oxygen atoms in total. The molecule has 0 fully saturated rings. The summed E-state index contributed by atoms with van der Waals surface area (Å²) in [5.41, 5.74) is -0.474. The number of carboxylic acid groups (broad SMARTS) is 1. The molecule has 0 spiro atoms. The predicted molar refractivity (Wildman–Crippen MR) is 71.6 cm³/mol. The fraction of sp³-hybridized carbons (Fsp3) is 0.429. The standard InChI is InChI=1S/C14H18O6/c1-8-9(18-5)6-7-10(11(8)12(15)16)19-13(17)20-14(2,3)4/h6-7H,1-5H3,(H,15,16). The number of hydrogen-bond donors (Lipinski definition) is 1. The van der Waals surface area contributed by atoms with Crippen LogP contribution < -0.4 is 9.47 Å². The first-order chi connectivity index (χ1) is 9.15. The summed E-state index contributed by atoms with van der Waals surface area (Å²) in [7, 11) is 1.43. The fourth-order valence-electron chi connectivity index (χ4n) is 1.60. The molecule has 0 atom stereocenters. The second-order valence-corrected chi connectivity index (χ2v) is 5.14. The SMILES string of the molecule is COc1ccc(OC(=O)OC(C)(C)C)c(C(=O)O)c1C. The van der Waals surface area contributed by atoms with Gasteiger partial charge in [-0.25, -0.2) is 9.59 Å². The van der Waals surface area contributed by atoms with Crippen LogP contribution in [-0.4, -0.2) is 29.9 Å². The topological polar surface area (TPSA) is 82.1 Å². The molecule has 0 radical (unpaired) electrons. The number of rotatable bonds is 3. The average Bonchev–Trinajstić information content (AvgIpc) is 2.25. The molecule has 0 unspecified atom stereocenters. The normalized spacial score (nSPS) is 10.8. The highest BCUT2D eigenvalue weighted by Crippen LogP contribution is 2.30. The highest BCUT2D eigenvalue weighted by atomic mass is 16.7. The van der Waals surface area contributed by atoms with Crippen molar-refractivity contribution in [3.8, 4) is 11.5 Å². The number of carboxylic acids is 1. The number of aromatic carboxylic acids is 1. The molecule has 0 amide bonds. The van der Waals surface area contributed by atoms with Gasteiger partial charge in [-0.15, -0.1) is 0 Å². The van der Waals surface area contributed by atoms with E-state index in [-0.39, 0.29) is 11.3 Å². The first kappa shape index (κ1) is 15.8. The number of benzene rings is 1. The molecule has 1 rings (SSSR count). The van der Waals surface area contributed by atoms with Crippen LogP contribution in [0, 0.1) is 6.92 Å². The number of carbonyl (C=O) groups is 2. The van der Waals surface area contributed by atoms with E-state index in [1.165, 1.54) is 19.2 Å². The molecule has 1 N–H and O–H groups in total. The van der Waals surface area contributed by atoms with Crippen LogP contribution in [0.5, 0.6) is 11.5 Å². The van der Waals surface area contributed by atoms with Crippen LogP contribution in [0.3, 0.4) is 0 Å². The Morgan fingerprint density at radius 1 is 1.15 bits per heavy atom. The molecular weight excluding hydrogens is 264 g/mol. The molecule has 0 bridgehead atoms. The molecule has 0 aliphatic rings. The average molecular weight is 282 g/mol. The monoisotopic (exact) mass is 282 g/mol. The van der Waals surface area contributed by atoms with E-state index in [4.69, 9.17) is 14.2 Å². The highest BCUT2D eigenvalue weighted by Gasteiger charge is 2.23. The number of hydrogen-bond acceptors (Lipinski definition) is 5. The molecule has 0 heterocycles. The largest absolute Gasteiger partial charge is 0.514 e. The Morgan fingerprint density at radius 2 is 1.70 bits per heavy atom. The lowest BCUT2D eigenvalue weighted by Crippen LogP contribution is -2.26. The third-order valence-corrected chi connectivity index (χ3v) is 2.39. The van der Waals surface area contributed by atoms with E-state index in [0.717, 1.165) is 0 Å². The fourth-order valence-corrected chi connectivity index (χ4v) is 1.60. The summed E-state index contributed by atoms with van der Waals surface area (Å²) >= 11 is 0. The molecule has 0 aromatic heterocycles. The van der Waals surface area contributed by atoms with E-state index < -0.39 is 17.7 Å². The van der Waals surface area contributed by atoms with Gasteiger partial charge in [0.1, 0.15) is 22.7 Å². The summed E-state index contributed by atoms with van der Waals surface area (Å²) in [5.74, 6) is -0.885. The van der Waals surface area contributed by atoms with Crippen LogP contribution >= 0.6 is 0 Å². The molecule has 110 valence electrons. The zero-order chi connectivity index (χ0) is 15.5. The van der Waals surface area contributed by atoms with Crippen LogP contribution in [0.25, 0.3) is 0 Å². The van der Waals surface area contributed by atoms with Gasteiger partial charge in [0.15, 0.2) is 0 Å². The van der Waals surface area contributed by atoms with Gasteiger partial charge in [0.2, 0.25) is 0 Å². The Hall–Kier alpha value is -2.24. The minimum atomic E-state index is -1.21. The molecule has 1 aromatic rings. The van der Waals surface area contributed by atoms with Crippen LogP contribution in [0.1, 0.15) is 36.7 Å². The van der Waals surface area contributed by atoms with Crippen molar-refractivity contribution in [1.82, 2.24) is 0 Å². The van der Waals surface area contributed by atoms with Gasteiger partial charge in [-0.05, 0) is 39.8 Å². The van der Waals surface area contributed by atoms with Crippen molar-refractivity contribution in [1.29, 1.82) is 0 Å². The van der Waals surface area contributed by atoms with E-state index in [0.29, 0.717) is 11.3 Å². The molecule has 6 heteroatoms. The minimum absolute atomic E-state index is 0.0787. The first-order valence-electron chi connectivity index (χ1n) is 5.97. The summed E-state index contributed by atoms with van der Waals surface area (Å²) in [6, 6.07) is 2.89. The summed E-state index contributed by atoms with van der Waals surface area (Å²) in [6.45, 7) is 6.63. The van der Waals surface area contributed by atoms with Crippen molar-refractivity contribution < 1.29 is 28.9 Å². The second-order valence-electron chi connectivity index (χ2n) is 5.14. The minimum Gasteiger partial charge on any atom is -0.496 e. The maximum Gasteiger partial charge on any atom is 0.514 e. The summed E-state index contributed by atoms with van der Waals surface area (Å²) in [6.07, 6.45) is -0.954. The van der Waals surface area contributed by atoms with Crippen LogP contribution in [-0.2, 0) is 4.74 Å². The third-order valence-electron chi connectivity index (χ3n) is 2.39. The van der Waals surface area contributed by atoms with E-state index in [2.05, 4.69) is 0 Å². The lowest BCUT2D eigenvalue weighted by atomic mass is 10.1. The predicted octanol–water partition coefficient (Wildman–Crippen LogP) is 3.02. The molecule has 20 heavy (non-hydrogen) atoms. The maximum absolute atomic E-state index is 11.6. The maximum atomic E-state index is 11.6. The number of carbonyl (C=O) groups excluding carboxylic acids is 1. The van der Waals surface area contributed by atoms with Gasteiger partial charge < -0.3 is 19.3 Å². The number of ether oxygens (including phenoxy) is 3. The number of methoxy groups -OCH3 is 1. The van der Waals surface area contributed by atoms with Crippen LogP contribution in [0.15, 0.2) is 12.1 Å². The van der Waals surface area contributed by atoms with Crippen molar-refractivity contribution in [2.75, 3.05) is 7.11 Å². The zero-order valence-electron chi connectivity index (χ0n) is 12.1. The van der Waals surface area contributed by atoms with E-state index >= 15 is 0 Å². The Morgan fingerprint density at radius 3 is 2.15 bits per heavy atom. The van der Waals surface area contributed by atoms with E-state index in [1.807, 2.05) is 0 Å². The molecule has 1 aromatic carbocycles.